The molecule has 1 aliphatic rings. The summed E-state index contributed by atoms with van der Waals surface area (Å²) in [5.41, 5.74) is 2.77. The molecular weight excluding hydrogens is 415 g/mol. The smallest absolute Gasteiger partial charge is 0.228 e. The molecular formula is C18H20Cl2N8O. The Morgan fingerprint density at radius 2 is 2.03 bits per heavy atom. The molecule has 0 atom stereocenters. The summed E-state index contributed by atoms with van der Waals surface area (Å²) in [5.74, 6) is 1.93. The fourth-order valence-corrected chi connectivity index (χ4v) is 3.20. The Labute approximate surface area is 179 Å². The van der Waals surface area contributed by atoms with Gasteiger partial charge in [-0.25, -0.2) is 4.98 Å². The molecule has 4 aromatic rings. The van der Waals surface area contributed by atoms with Gasteiger partial charge in [0.25, 0.3) is 0 Å². The first kappa shape index (κ1) is 21.0. The third kappa shape index (κ3) is 4.31. The predicted octanol–water partition coefficient (Wildman–Crippen LogP) is 2.38. The highest BCUT2D eigenvalue weighted by Crippen LogP contribution is 2.20. The van der Waals surface area contributed by atoms with Crippen LogP contribution in [0.15, 0.2) is 47.4 Å². The molecule has 5 rings (SSSR count). The van der Waals surface area contributed by atoms with Crippen LogP contribution in [-0.2, 0) is 26.1 Å². The minimum Gasteiger partial charge on any atom is -0.339 e. The van der Waals surface area contributed by atoms with Gasteiger partial charge >= 0.3 is 0 Å². The molecule has 0 unspecified atom stereocenters. The fraction of sp³-hybridized carbons (Fsp3) is 0.278. The number of hydrogen-bond acceptors (Lipinski definition) is 7. The Morgan fingerprint density at radius 3 is 2.86 bits per heavy atom. The molecule has 0 saturated heterocycles. The summed E-state index contributed by atoms with van der Waals surface area (Å²) in [6, 6.07) is 7.71. The lowest BCUT2D eigenvalue weighted by Crippen LogP contribution is -2.28. The molecule has 1 N–H and O–H groups in total. The molecule has 0 bridgehead atoms. The van der Waals surface area contributed by atoms with Gasteiger partial charge < -0.3 is 14.4 Å². The van der Waals surface area contributed by atoms with Gasteiger partial charge in [-0.15, -0.1) is 24.8 Å². The van der Waals surface area contributed by atoms with Crippen LogP contribution in [0.4, 0.5) is 0 Å². The first-order valence-electron chi connectivity index (χ1n) is 8.90. The zero-order valence-corrected chi connectivity index (χ0v) is 17.1. The van der Waals surface area contributed by atoms with Gasteiger partial charge in [-0.1, -0.05) is 11.2 Å². The molecule has 0 radical (unpaired) electrons. The van der Waals surface area contributed by atoms with Crippen molar-refractivity contribution in [2.24, 2.45) is 0 Å². The van der Waals surface area contributed by atoms with Crippen molar-refractivity contribution in [3.8, 4) is 23.0 Å². The first-order valence-corrected chi connectivity index (χ1v) is 8.90. The van der Waals surface area contributed by atoms with Crippen molar-refractivity contribution >= 4 is 24.8 Å². The molecule has 1 aliphatic heterocycles. The number of nitrogens with one attached hydrogen (secondary N) is 1. The number of aromatic nitrogens is 7. The second kappa shape index (κ2) is 9.17. The number of fused-ring (bicyclic) bond motifs is 1. The van der Waals surface area contributed by atoms with Gasteiger partial charge in [0.2, 0.25) is 11.7 Å². The summed E-state index contributed by atoms with van der Waals surface area (Å²) in [6.45, 7) is 3.35. The molecule has 4 aromatic heterocycles. The quantitative estimate of drug-likeness (QED) is 0.514. The van der Waals surface area contributed by atoms with Crippen LogP contribution in [0, 0.1) is 0 Å². The molecule has 11 heteroatoms. The number of aryl methyl sites for hydroxylation is 2. The fourth-order valence-electron chi connectivity index (χ4n) is 3.20. The molecule has 0 aliphatic carbocycles. The molecule has 0 fully saturated rings. The maximum absolute atomic E-state index is 5.37. The van der Waals surface area contributed by atoms with E-state index in [9.17, 15) is 0 Å². The number of halogens is 2. The van der Waals surface area contributed by atoms with E-state index in [2.05, 4.69) is 41.2 Å². The van der Waals surface area contributed by atoms with Gasteiger partial charge in [-0.3, -0.25) is 9.67 Å². The molecule has 0 aromatic carbocycles. The van der Waals surface area contributed by atoms with E-state index in [-0.39, 0.29) is 24.8 Å². The lowest BCUT2D eigenvalue weighted by molar-refractivity contribution is 0.372. The summed E-state index contributed by atoms with van der Waals surface area (Å²) < 4.78 is 9.47. The van der Waals surface area contributed by atoms with Gasteiger partial charge in [0.1, 0.15) is 11.4 Å². The van der Waals surface area contributed by atoms with E-state index in [0.717, 1.165) is 31.2 Å². The van der Waals surface area contributed by atoms with Gasteiger partial charge in [-0.05, 0) is 18.2 Å². The van der Waals surface area contributed by atoms with Crippen LogP contribution in [0.25, 0.3) is 23.0 Å². The van der Waals surface area contributed by atoms with Crippen LogP contribution >= 0.6 is 24.8 Å². The number of nitrogens with zero attached hydrogens (tertiary/aromatic N) is 7. The average Bonchev–Trinajstić information content (AvgIpc) is 3.45. The minimum atomic E-state index is 0. The zero-order valence-electron chi connectivity index (χ0n) is 15.4. The van der Waals surface area contributed by atoms with Crippen molar-refractivity contribution in [2.75, 3.05) is 6.54 Å². The third-order valence-electron chi connectivity index (χ3n) is 4.54. The number of hydrogen-bond donors (Lipinski definition) is 1. The van der Waals surface area contributed by atoms with Crippen molar-refractivity contribution < 1.29 is 4.52 Å². The van der Waals surface area contributed by atoms with E-state index in [0.29, 0.717) is 30.4 Å². The Bertz CT molecular complexity index is 1040. The highest BCUT2D eigenvalue weighted by Gasteiger charge is 2.16. The van der Waals surface area contributed by atoms with Crippen LogP contribution in [-0.4, -0.2) is 41.0 Å². The number of rotatable bonds is 5. The summed E-state index contributed by atoms with van der Waals surface area (Å²) in [5, 5.41) is 12.1. The maximum Gasteiger partial charge on any atom is 0.228 e. The van der Waals surface area contributed by atoms with Crippen LogP contribution < -0.4 is 5.32 Å². The van der Waals surface area contributed by atoms with E-state index in [1.54, 1.807) is 12.4 Å². The first-order chi connectivity index (χ1) is 13.4. The minimum absolute atomic E-state index is 0. The third-order valence-corrected chi connectivity index (χ3v) is 4.54. The van der Waals surface area contributed by atoms with Crippen LogP contribution in [0.1, 0.15) is 11.6 Å². The normalized spacial score (nSPS) is 12.7. The van der Waals surface area contributed by atoms with Gasteiger partial charge in [0.15, 0.2) is 5.82 Å². The monoisotopic (exact) mass is 434 g/mol. The van der Waals surface area contributed by atoms with Crippen molar-refractivity contribution in [2.45, 2.75) is 26.1 Å². The Kier molecular flexibility index (Phi) is 6.63. The largest absolute Gasteiger partial charge is 0.339 e. The lowest BCUT2D eigenvalue weighted by Gasteiger charge is -2.13. The second-order valence-corrected chi connectivity index (χ2v) is 6.34. The Balaban J connectivity index is 0.00000120. The van der Waals surface area contributed by atoms with Crippen LogP contribution in [0.3, 0.4) is 0 Å². The van der Waals surface area contributed by atoms with Gasteiger partial charge in [0.05, 0.1) is 12.2 Å². The maximum atomic E-state index is 5.37. The highest BCUT2D eigenvalue weighted by atomic mass is 35.5. The molecule has 0 saturated carbocycles. The van der Waals surface area contributed by atoms with Gasteiger partial charge in [-0.2, -0.15) is 10.1 Å². The van der Waals surface area contributed by atoms with Gasteiger partial charge in [0, 0.05) is 44.6 Å². The molecule has 29 heavy (non-hydrogen) atoms. The van der Waals surface area contributed by atoms with Crippen molar-refractivity contribution in [3.05, 3.63) is 54.4 Å². The van der Waals surface area contributed by atoms with Crippen LogP contribution in [0.2, 0.25) is 0 Å². The van der Waals surface area contributed by atoms with E-state index < -0.39 is 0 Å². The molecule has 9 nitrogen and oxygen atoms in total. The zero-order chi connectivity index (χ0) is 18.1. The standard InChI is InChI=1S/C18H18N8O.2ClH/c1-2-5-20-14(3-1)17-22-16(27-24-17)4-8-25-9-7-21-18(25)15-11-13-12-19-6-10-26(13)23-15;;/h1-3,5,7,9,11,19H,4,6,8,10,12H2;2*1H. The Morgan fingerprint density at radius 1 is 1.10 bits per heavy atom. The van der Waals surface area contributed by atoms with Crippen molar-refractivity contribution in [1.82, 2.24) is 39.8 Å². The predicted molar refractivity (Wildman–Crippen MR) is 111 cm³/mol. The molecule has 152 valence electrons. The summed E-state index contributed by atoms with van der Waals surface area (Å²) in [7, 11) is 0. The second-order valence-electron chi connectivity index (χ2n) is 6.34. The number of imidazole rings is 1. The molecule has 0 spiro atoms. The topological polar surface area (TPSA) is 99.5 Å². The highest BCUT2D eigenvalue weighted by molar-refractivity contribution is 5.85. The molecule has 0 amide bonds. The SMILES string of the molecule is Cl.Cl.c1ccc(-c2noc(CCn3ccnc3-c3cc4n(n3)CCNC4)n2)nc1. The van der Waals surface area contributed by atoms with Crippen molar-refractivity contribution in [3.63, 3.8) is 0 Å². The van der Waals surface area contributed by atoms with E-state index in [1.165, 1.54) is 5.69 Å². The van der Waals surface area contributed by atoms with Crippen LogP contribution in [0.5, 0.6) is 0 Å². The van der Waals surface area contributed by atoms with E-state index in [4.69, 9.17) is 4.52 Å². The number of pyridine rings is 1. The average molecular weight is 435 g/mol. The summed E-state index contributed by atoms with van der Waals surface area (Å²) in [6.07, 6.45) is 6.06. The van der Waals surface area contributed by atoms with E-state index in [1.807, 2.05) is 29.1 Å². The summed E-state index contributed by atoms with van der Waals surface area (Å²) in [4.78, 5) is 13.2. The Hall–Kier alpha value is -2.75. The molecule has 5 heterocycles. The van der Waals surface area contributed by atoms with E-state index >= 15 is 0 Å². The van der Waals surface area contributed by atoms with Crippen molar-refractivity contribution in [1.29, 1.82) is 0 Å². The lowest BCUT2D eigenvalue weighted by atomic mass is 10.3. The summed E-state index contributed by atoms with van der Waals surface area (Å²) >= 11 is 0.